The molecule has 0 saturated heterocycles. The highest BCUT2D eigenvalue weighted by molar-refractivity contribution is 7.19. The number of nitrogens with zero attached hydrogens (tertiary/aromatic N) is 2. The van der Waals surface area contributed by atoms with E-state index in [1.54, 1.807) is 23.7 Å². The molecule has 27 heavy (non-hydrogen) atoms. The number of hydrogen-bond acceptors (Lipinski definition) is 6. The van der Waals surface area contributed by atoms with Crippen molar-refractivity contribution in [3.63, 3.8) is 0 Å². The minimum Gasteiger partial charge on any atom is -0.474 e. The van der Waals surface area contributed by atoms with Crippen molar-refractivity contribution in [2.24, 2.45) is 5.73 Å². The van der Waals surface area contributed by atoms with Gasteiger partial charge in [-0.05, 0) is 62.8 Å². The third kappa shape index (κ3) is 3.62. The van der Waals surface area contributed by atoms with Crippen LogP contribution in [0.5, 0.6) is 5.88 Å². The fourth-order valence-electron chi connectivity index (χ4n) is 4.55. The third-order valence-corrected chi connectivity index (χ3v) is 7.58. The minimum absolute atomic E-state index is 0.0313. The summed E-state index contributed by atoms with van der Waals surface area (Å²) in [7, 11) is 0. The molecule has 0 amide bonds. The van der Waals surface area contributed by atoms with Gasteiger partial charge in [-0.15, -0.1) is 17.9 Å². The predicted molar refractivity (Wildman–Crippen MR) is 109 cm³/mol. The second kappa shape index (κ2) is 7.49. The van der Waals surface area contributed by atoms with Crippen molar-refractivity contribution < 1.29 is 9.84 Å². The second-order valence-corrected chi connectivity index (χ2v) is 9.19. The third-order valence-electron chi connectivity index (χ3n) is 6.40. The maximum absolute atomic E-state index is 10.1. The van der Waals surface area contributed by atoms with E-state index in [0.29, 0.717) is 18.2 Å². The SMILES string of the molecule is C=C[C@@H](O)C[C@H]1CCc2sc3ncnc(O[C@H]4CC[C@@](N)(CC)CC4)c3c21. The summed E-state index contributed by atoms with van der Waals surface area (Å²) in [4.78, 5) is 11.4. The number of aryl methyl sites for hydroxylation is 1. The van der Waals surface area contributed by atoms with E-state index in [1.807, 2.05) is 0 Å². The molecule has 5 nitrogen and oxygen atoms in total. The fraction of sp³-hybridized carbons (Fsp3) is 0.619. The van der Waals surface area contributed by atoms with Crippen LogP contribution in [0.15, 0.2) is 19.0 Å². The molecule has 3 N–H and O–H groups in total. The number of fused-ring (bicyclic) bond motifs is 3. The van der Waals surface area contributed by atoms with Crippen molar-refractivity contribution in [1.82, 2.24) is 9.97 Å². The van der Waals surface area contributed by atoms with Crippen LogP contribution in [-0.4, -0.2) is 32.8 Å². The average Bonchev–Trinajstić information content (AvgIpc) is 3.24. The largest absolute Gasteiger partial charge is 0.474 e. The zero-order valence-electron chi connectivity index (χ0n) is 16.0. The lowest BCUT2D eigenvalue weighted by Crippen LogP contribution is -2.44. The number of aliphatic hydroxyl groups is 1. The summed E-state index contributed by atoms with van der Waals surface area (Å²) in [5, 5.41) is 11.1. The number of aliphatic hydroxyl groups excluding tert-OH is 1. The van der Waals surface area contributed by atoms with Crippen LogP contribution in [0, 0.1) is 0 Å². The van der Waals surface area contributed by atoms with Crippen LogP contribution in [0.4, 0.5) is 0 Å². The molecule has 0 spiro atoms. The zero-order chi connectivity index (χ0) is 19.0. The van der Waals surface area contributed by atoms with Crippen LogP contribution < -0.4 is 10.5 Å². The number of rotatable bonds is 6. The molecule has 0 bridgehead atoms. The summed E-state index contributed by atoms with van der Waals surface area (Å²) in [6, 6.07) is 0. The van der Waals surface area contributed by atoms with E-state index in [1.165, 1.54) is 10.4 Å². The smallest absolute Gasteiger partial charge is 0.225 e. The molecule has 0 aromatic carbocycles. The Hall–Kier alpha value is -1.50. The fourth-order valence-corrected chi connectivity index (χ4v) is 5.78. The van der Waals surface area contributed by atoms with Gasteiger partial charge in [0, 0.05) is 10.4 Å². The van der Waals surface area contributed by atoms with Gasteiger partial charge in [-0.1, -0.05) is 13.0 Å². The highest BCUT2D eigenvalue weighted by Gasteiger charge is 2.34. The number of nitrogens with two attached hydrogens (primary N) is 1. The molecule has 0 unspecified atom stereocenters. The van der Waals surface area contributed by atoms with Crippen LogP contribution in [0.25, 0.3) is 10.2 Å². The van der Waals surface area contributed by atoms with Gasteiger partial charge in [0.2, 0.25) is 5.88 Å². The van der Waals surface area contributed by atoms with Gasteiger partial charge in [-0.2, -0.15) is 0 Å². The quantitative estimate of drug-likeness (QED) is 0.730. The van der Waals surface area contributed by atoms with Crippen molar-refractivity contribution in [2.75, 3.05) is 0 Å². The van der Waals surface area contributed by atoms with Gasteiger partial charge in [0.15, 0.2) is 0 Å². The van der Waals surface area contributed by atoms with E-state index in [-0.39, 0.29) is 11.6 Å². The van der Waals surface area contributed by atoms with Crippen molar-refractivity contribution in [2.45, 2.75) is 82.0 Å². The molecule has 2 heterocycles. The maximum Gasteiger partial charge on any atom is 0.225 e. The van der Waals surface area contributed by atoms with Gasteiger partial charge in [-0.3, -0.25) is 0 Å². The number of thiophene rings is 1. The van der Waals surface area contributed by atoms with Crippen LogP contribution in [0.3, 0.4) is 0 Å². The molecule has 1 saturated carbocycles. The normalized spacial score (nSPS) is 28.9. The molecule has 0 radical (unpaired) electrons. The van der Waals surface area contributed by atoms with Gasteiger partial charge in [0.05, 0.1) is 11.5 Å². The Morgan fingerprint density at radius 3 is 2.89 bits per heavy atom. The number of ether oxygens (including phenoxy) is 1. The first-order valence-electron chi connectivity index (χ1n) is 10.1. The molecule has 2 aliphatic rings. The van der Waals surface area contributed by atoms with Crippen molar-refractivity contribution in [1.29, 1.82) is 0 Å². The Kier molecular flexibility index (Phi) is 5.23. The Morgan fingerprint density at radius 2 is 2.19 bits per heavy atom. The van der Waals surface area contributed by atoms with E-state index < -0.39 is 6.10 Å². The molecular formula is C21H29N3O2S. The van der Waals surface area contributed by atoms with Crippen LogP contribution >= 0.6 is 11.3 Å². The highest BCUT2D eigenvalue weighted by atomic mass is 32.1. The van der Waals surface area contributed by atoms with Gasteiger partial charge < -0.3 is 15.6 Å². The Bertz CT molecular complexity index is 826. The molecule has 2 aromatic rings. The highest BCUT2D eigenvalue weighted by Crippen LogP contribution is 2.48. The summed E-state index contributed by atoms with van der Waals surface area (Å²) in [5.41, 5.74) is 7.69. The van der Waals surface area contributed by atoms with Crippen LogP contribution in [0.2, 0.25) is 0 Å². The number of hydrogen-bond donors (Lipinski definition) is 2. The average molecular weight is 388 g/mol. The molecular weight excluding hydrogens is 358 g/mol. The summed E-state index contributed by atoms with van der Waals surface area (Å²) in [6.07, 6.45) is 10.7. The molecule has 1 fully saturated rings. The van der Waals surface area contributed by atoms with Gasteiger partial charge in [-0.25, -0.2) is 9.97 Å². The topological polar surface area (TPSA) is 81.3 Å². The first-order chi connectivity index (χ1) is 13.0. The summed E-state index contributed by atoms with van der Waals surface area (Å²) in [5.74, 6) is 1.03. The van der Waals surface area contributed by atoms with Gasteiger partial charge >= 0.3 is 0 Å². The predicted octanol–water partition coefficient (Wildman–Crippen LogP) is 4.09. The molecule has 146 valence electrons. The van der Waals surface area contributed by atoms with Crippen molar-refractivity contribution >= 4 is 21.6 Å². The molecule has 6 heteroatoms. The lowest BCUT2D eigenvalue weighted by Gasteiger charge is -2.36. The Labute approximate surface area is 164 Å². The van der Waals surface area contributed by atoms with Crippen molar-refractivity contribution in [3.05, 3.63) is 29.4 Å². The number of aromatic nitrogens is 2. The van der Waals surface area contributed by atoms with E-state index in [4.69, 9.17) is 10.5 Å². The molecule has 0 aliphatic heterocycles. The first-order valence-corrected chi connectivity index (χ1v) is 10.9. The molecule has 2 aliphatic carbocycles. The van der Waals surface area contributed by atoms with E-state index in [2.05, 4.69) is 23.5 Å². The van der Waals surface area contributed by atoms with E-state index in [9.17, 15) is 5.11 Å². The van der Waals surface area contributed by atoms with Gasteiger partial charge in [0.1, 0.15) is 17.3 Å². The molecule has 2 aromatic heterocycles. The monoisotopic (exact) mass is 387 g/mol. The van der Waals surface area contributed by atoms with E-state index in [0.717, 1.165) is 55.2 Å². The zero-order valence-corrected chi connectivity index (χ0v) is 16.8. The minimum atomic E-state index is -0.477. The molecule has 2 atom stereocenters. The second-order valence-electron chi connectivity index (χ2n) is 8.11. The van der Waals surface area contributed by atoms with Crippen molar-refractivity contribution in [3.8, 4) is 5.88 Å². The van der Waals surface area contributed by atoms with Crippen LogP contribution in [0.1, 0.15) is 68.2 Å². The Balaban J connectivity index is 1.60. The summed E-state index contributed by atoms with van der Waals surface area (Å²) >= 11 is 1.75. The first kappa shape index (κ1) is 18.8. The standard InChI is InChI=1S/C21H29N3O2S/c1-3-14(25)11-13-5-6-16-17(13)18-19(23-12-24-20(18)27-16)26-15-7-9-21(22,4-2)10-8-15/h3,12-15,25H,1,4-11,22H2,2H3/t13-,14-,15-,21-/m1/s1. The van der Waals surface area contributed by atoms with Crippen LogP contribution in [-0.2, 0) is 6.42 Å². The molecule has 4 rings (SSSR count). The van der Waals surface area contributed by atoms with Gasteiger partial charge in [0.25, 0.3) is 0 Å². The maximum atomic E-state index is 10.1. The lowest BCUT2D eigenvalue weighted by atomic mass is 9.79. The Morgan fingerprint density at radius 1 is 1.41 bits per heavy atom. The van der Waals surface area contributed by atoms with E-state index >= 15 is 0 Å². The lowest BCUT2D eigenvalue weighted by molar-refractivity contribution is 0.113. The summed E-state index contributed by atoms with van der Waals surface area (Å²) in [6.45, 7) is 5.88. The summed E-state index contributed by atoms with van der Waals surface area (Å²) < 4.78 is 6.39.